The number of halogens is 2. The van der Waals surface area contributed by atoms with Gasteiger partial charge in [0.2, 0.25) is 0 Å². The summed E-state index contributed by atoms with van der Waals surface area (Å²) in [7, 11) is 0. The van der Waals surface area contributed by atoms with Gasteiger partial charge >= 0.3 is 12.0 Å². The molecular formula is C14H16Cl2N2O4. The molecule has 0 unspecified atom stereocenters. The van der Waals surface area contributed by atoms with E-state index in [1.54, 1.807) is 13.0 Å². The molecule has 0 aliphatic carbocycles. The van der Waals surface area contributed by atoms with Gasteiger partial charge in [0.15, 0.2) is 6.61 Å². The number of esters is 1. The molecule has 6 nitrogen and oxygen atoms in total. The molecule has 120 valence electrons. The predicted molar refractivity (Wildman–Crippen MR) is 83.2 cm³/mol. The van der Waals surface area contributed by atoms with Gasteiger partial charge in [-0.3, -0.25) is 10.1 Å². The van der Waals surface area contributed by atoms with E-state index < -0.39 is 24.5 Å². The average Bonchev–Trinajstić information content (AvgIpc) is 2.44. The van der Waals surface area contributed by atoms with Gasteiger partial charge in [0.1, 0.15) is 0 Å². The second-order valence-corrected chi connectivity index (χ2v) is 5.32. The lowest BCUT2D eigenvalue weighted by Gasteiger charge is -2.12. The molecule has 3 amide bonds. The Balaban J connectivity index is 2.51. The topological polar surface area (TPSA) is 84.5 Å². The molecule has 0 fully saturated rings. The summed E-state index contributed by atoms with van der Waals surface area (Å²) in [5.74, 6) is -1.59. The Labute approximate surface area is 138 Å². The van der Waals surface area contributed by atoms with Gasteiger partial charge in [-0.2, -0.15) is 0 Å². The molecule has 1 aromatic carbocycles. The van der Waals surface area contributed by atoms with Gasteiger partial charge in [-0.15, -0.1) is 0 Å². The van der Waals surface area contributed by atoms with Crippen molar-refractivity contribution in [2.45, 2.75) is 26.3 Å². The number of nitrogens with one attached hydrogen (secondary N) is 2. The largest absolute Gasteiger partial charge is 0.452 e. The number of imide groups is 1. The first-order valence-electron chi connectivity index (χ1n) is 6.56. The van der Waals surface area contributed by atoms with Crippen molar-refractivity contribution in [2.75, 3.05) is 6.61 Å². The highest BCUT2D eigenvalue weighted by Crippen LogP contribution is 2.24. The van der Waals surface area contributed by atoms with Crippen molar-refractivity contribution in [3.63, 3.8) is 0 Å². The van der Waals surface area contributed by atoms with Crippen LogP contribution in [0.3, 0.4) is 0 Å². The number of rotatable bonds is 5. The molecule has 0 saturated carbocycles. The zero-order valence-corrected chi connectivity index (χ0v) is 13.6. The second kappa shape index (κ2) is 8.60. The van der Waals surface area contributed by atoms with E-state index in [0.717, 1.165) is 6.42 Å². The highest BCUT2D eigenvalue weighted by atomic mass is 35.5. The van der Waals surface area contributed by atoms with Crippen molar-refractivity contribution in [1.29, 1.82) is 0 Å². The fourth-order valence-electron chi connectivity index (χ4n) is 1.42. The van der Waals surface area contributed by atoms with Crippen molar-refractivity contribution in [2.24, 2.45) is 0 Å². The number of hydrogen-bond acceptors (Lipinski definition) is 4. The van der Waals surface area contributed by atoms with Crippen molar-refractivity contribution in [3.05, 3.63) is 33.8 Å². The van der Waals surface area contributed by atoms with Crippen LogP contribution in [0.1, 0.15) is 30.6 Å². The third-order valence-electron chi connectivity index (χ3n) is 2.74. The quantitative estimate of drug-likeness (QED) is 0.802. The van der Waals surface area contributed by atoms with E-state index in [4.69, 9.17) is 27.9 Å². The van der Waals surface area contributed by atoms with Crippen LogP contribution in [0.4, 0.5) is 4.79 Å². The first-order chi connectivity index (χ1) is 10.3. The molecule has 1 aromatic rings. The van der Waals surface area contributed by atoms with E-state index in [1.165, 1.54) is 12.1 Å². The Morgan fingerprint density at radius 2 is 1.82 bits per heavy atom. The van der Waals surface area contributed by atoms with E-state index in [2.05, 4.69) is 5.32 Å². The van der Waals surface area contributed by atoms with E-state index in [0.29, 0.717) is 0 Å². The summed E-state index contributed by atoms with van der Waals surface area (Å²) >= 11 is 11.7. The van der Waals surface area contributed by atoms with Crippen LogP contribution in [0, 0.1) is 0 Å². The molecular weight excluding hydrogens is 331 g/mol. The fourth-order valence-corrected chi connectivity index (χ4v) is 1.97. The lowest BCUT2D eigenvalue weighted by Crippen LogP contribution is -2.44. The van der Waals surface area contributed by atoms with Crippen molar-refractivity contribution in [3.8, 4) is 0 Å². The molecule has 0 aliphatic rings. The normalized spacial score (nSPS) is 11.5. The lowest BCUT2D eigenvalue weighted by molar-refractivity contribution is -0.123. The number of ether oxygens (including phenoxy) is 1. The zero-order chi connectivity index (χ0) is 16.7. The summed E-state index contributed by atoms with van der Waals surface area (Å²) in [4.78, 5) is 34.8. The predicted octanol–water partition coefficient (Wildman–Crippen LogP) is 2.77. The Bertz CT molecular complexity index is 558. The van der Waals surface area contributed by atoms with E-state index in [9.17, 15) is 14.4 Å². The van der Waals surface area contributed by atoms with Gasteiger partial charge in [0.25, 0.3) is 5.91 Å². The summed E-state index contributed by atoms with van der Waals surface area (Å²) in [5, 5.41) is 4.83. The summed E-state index contributed by atoms with van der Waals surface area (Å²) in [6, 6.07) is 3.81. The monoisotopic (exact) mass is 346 g/mol. The fraction of sp³-hybridized carbons (Fsp3) is 0.357. The van der Waals surface area contributed by atoms with Crippen LogP contribution >= 0.6 is 23.2 Å². The first-order valence-corrected chi connectivity index (χ1v) is 7.32. The minimum Gasteiger partial charge on any atom is -0.452 e. The van der Waals surface area contributed by atoms with Crippen LogP contribution in [0.25, 0.3) is 0 Å². The maximum Gasteiger partial charge on any atom is 0.341 e. The molecule has 0 bridgehead atoms. The molecule has 0 spiro atoms. The standard InChI is InChI=1S/C14H16Cl2N2O4/c1-3-8(2)17-14(21)18-11(19)7-22-13(20)12-9(15)5-4-6-10(12)16/h4-6,8H,3,7H2,1-2H3,(H2,17,18,19,21)/t8-/m1/s1. The third kappa shape index (κ3) is 5.54. The minimum atomic E-state index is -0.840. The molecule has 0 saturated heterocycles. The van der Waals surface area contributed by atoms with Gasteiger partial charge in [0.05, 0.1) is 15.6 Å². The molecule has 0 radical (unpaired) electrons. The smallest absolute Gasteiger partial charge is 0.341 e. The van der Waals surface area contributed by atoms with E-state index >= 15 is 0 Å². The summed E-state index contributed by atoms with van der Waals surface area (Å²) < 4.78 is 4.78. The van der Waals surface area contributed by atoms with Gasteiger partial charge in [-0.05, 0) is 25.5 Å². The zero-order valence-electron chi connectivity index (χ0n) is 12.1. The van der Waals surface area contributed by atoms with Crippen LogP contribution in [-0.2, 0) is 9.53 Å². The summed E-state index contributed by atoms with van der Waals surface area (Å²) in [6.07, 6.45) is 0.724. The number of benzene rings is 1. The third-order valence-corrected chi connectivity index (χ3v) is 3.37. The van der Waals surface area contributed by atoms with Crippen LogP contribution in [0.5, 0.6) is 0 Å². The van der Waals surface area contributed by atoms with Crippen LogP contribution in [-0.4, -0.2) is 30.6 Å². The van der Waals surface area contributed by atoms with Crippen LogP contribution < -0.4 is 10.6 Å². The average molecular weight is 347 g/mol. The van der Waals surface area contributed by atoms with Crippen molar-refractivity contribution in [1.82, 2.24) is 10.6 Å². The van der Waals surface area contributed by atoms with Gasteiger partial charge in [-0.1, -0.05) is 36.2 Å². The van der Waals surface area contributed by atoms with Gasteiger partial charge < -0.3 is 10.1 Å². The van der Waals surface area contributed by atoms with E-state index in [-0.39, 0.29) is 21.7 Å². The van der Waals surface area contributed by atoms with Crippen molar-refractivity contribution >= 4 is 41.1 Å². The summed E-state index contributed by atoms with van der Waals surface area (Å²) in [6.45, 7) is 3.07. The molecule has 0 aromatic heterocycles. The first kappa shape index (κ1) is 18.3. The Morgan fingerprint density at radius 3 is 2.36 bits per heavy atom. The molecule has 0 aliphatic heterocycles. The molecule has 1 rings (SSSR count). The highest BCUT2D eigenvalue weighted by Gasteiger charge is 2.18. The maximum atomic E-state index is 11.8. The lowest BCUT2D eigenvalue weighted by atomic mass is 10.2. The number of carbonyl (C=O) groups excluding carboxylic acids is 3. The van der Waals surface area contributed by atoms with Crippen LogP contribution in [0.15, 0.2) is 18.2 Å². The van der Waals surface area contributed by atoms with Gasteiger partial charge in [-0.25, -0.2) is 9.59 Å². The summed E-state index contributed by atoms with van der Waals surface area (Å²) in [5.41, 5.74) is -0.0253. The highest BCUT2D eigenvalue weighted by molar-refractivity contribution is 6.39. The number of carbonyl (C=O) groups is 3. The van der Waals surface area contributed by atoms with Gasteiger partial charge in [0, 0.05) is 6.04 Å². The molecule has 2 N–H and O–H groups in total. The number of urea groups is 1. The SMILES string of the molecule is CC[C@@H](C)NC(=O)NC(=O)COC(=O)c1c(Cl)cccc1Cl. The number of amides is 3. The Morgan fingerprint density at radius 1 is 1.23 bits per heavy atom. The number of hydrogen-bond donors (Lipinski definition) is 2. The molecule has 1 atom stereocenters. The minimum absolute atomic E-state index is 0.0253. The Kier molecular flexibility index (Phi) is 7.14. The maximum absolute atomic E-state index is 11.8. The molecule has 0 heterocycles. The molecule has 22 heavy (non-hydrogen) atoms. The Hall–Kier alpha value is -1.79. The molecule has 8 heteroatoms. The van der Waals surface area contributed by atoms with Crippen molar-refractivity contribution < 1.29 is 19.1 Å². The van der Waals surface area contributed by atoms with E-state index in [1.807, 2.05) is 12.2 Å². The second-order valence-electron chi connectivity index (χ2n) is 4.50. The van der Waals surface area contributed by atoms with Crippen LogP contribution in [0.2, 0.25) is 10.0 Å².